The summed E-state index contributed by atoms with van der Waals surface area (Å²) < 4.78 is 9.90. The van der Waals surface area contributed by atoms with Crippen LogP contribution >= 0.6 is 11.5 Å². The summed E-state index contributed by atoms with van der Waals surface area (Å²) in [5.41, 5.74) is 1.29. The van der Waals surface area contributed by atoms with Crippen LogP contribution in [0.2, 0.25) is 0 Å². The van der Waals surface area contributed by atoms with E-state index in [9.17, 15) is 0 Å². The molecule has 0 spiro atoms. The van der Waals surface area contributed by atoms with Crippen molar-refractivity contribution in [2.45, 2.75) is 25.8 Å². The van der Waals surface area contributed by atoms with Crippen LogP contribution in [-0.2, 0) is 11.2 Å². The van der Waals surface area contributed by atoms with Crippen LogP contribution in [0.25, 0.3) is 0 Å². The maximum Gasteiger partial charge on any atom is 0.203 e. The van der Waals surface area contributed by atoms with Gasteiger partial charge in [0.1, 0.15) is 5.82 Å². The van der Waals surface area contributed by atoms with Gasteiger partial charge in [0.15, 0.2) is 0 Å². The van der Waals surface area contributed by atoms with Crippen molar-refractivity contribution >= 4 is 16.7 Å². The second-order valence-electron chi connectivity index (χ2n) is 5.03. The highest BCUT2D eigenvalue weighted by Crippen LogP contribution is 2.32. The Balaban J connectivity index is 1.81. The molecule has 1 aromatic heterocycles. The molecule has 0 amide bonds. The Kier molecular flexibility index (Phi) is 4.28. The second kappa shape index (κ2) is 6.33. The summed E-state index contributed by atoms with van der Waals surface area (Å²) in [6, 6.07) is 10.8. The largest absolute Gasteiger partial charge is 0.381 e. The molecule has 0 aliphatic carbocycles. The summed E-state index contributed by atoms with van der Waals surface area (Å²) in [7, 11) is 0. The number of rotatable bonds is 5. The van der Waals surface area contributed by atoms with Crippen LogP contribution in [-0.4, -0.2) is 22.6 Å². The van der Waals surface area contributed by atoms with Gasteiger partial charge in [-0.2, -0.15) is 4.37 Å². The molecule has 0 unspecified atom stereocenters. The number of hydrogen-bond donors (Lipinski definition) is 1. The van der Waals surface area contributed by atoms with Crippen LogP contribution < -0.4 is 5.32 Å². The van der Waals surface area contributed by atoms with E-state index in [1.807, 2.05) is 6.07 Å². The summed E-state index contributed by atoms with van der Waals surface area (Å²) in [6.45, 7) is 3.74. The minimum Gasteiger partial charge on any atom is -0.381 e. The van der Waals surface area contributed by atoms with Crippen molar-refractivity contribution in [3.8, 4) is 0 Å². The van der Waals surface area contributed by atoms with Crippen LogP contribution in [0.3, 0.4) is 0 Å². The van der Waals surface area contributed by atoms with E-state index in [0.29, 0.717) is 5.92 Å². The topological polar surface area (TPSA) is 47.0 Å². The molecule has 1 aromatic carbocycles. The van der Waals surface area contributed by atoms with Gasteiger partial charge in [-0.25, -0.2) is 4.98 Å². The van der Waals surface area contributed by atoms with Crippen LogP contribution in [0.15, 0.2) is 30.3 Å². The molecule has 0 saturated carbocycles. The molecule has 106 valence electrons. The Morgan fingerprint density at radius 2 is 2.25 bits per heavy atom. The molecule has 1 saturated heterocycles. The Morgan fingerprint density at radius 3 is 2.90 bits per heavy atom. The van der Waals surface area contributed by atoms with E-state index >= 15 is 0 Å². The molecule has 1 aliphatic rings. The first-order valence-electron chi connectivity index (χ1n) is 7.08. The maximum absolute atomic E-state index is 5.55. The summed E-state index contributed by atoms with van der Waals surface area (Å²) >= 11 is 1.44. The zero-order chi connectivity index (χ0) is 13.8. The average Bonchev–Trinajstić information content (AvgIpc) is 3.17. The number of nitrogens with one attached hydrogen (secondary N) is 1. The van der Waals surface area contributed by atoms with Gasteiger partial charge in [0, 0.05) is 30.5 Å². The van der Waals surface area contributed by atoms with Gasteiger partial charge in [0.25, 0.3) is 0 Å². The van der Waals surface area contributed by atoms with Gasteiger partial charge < -0.3 is 10.1 Å². The monoisotopic (exact) mass is 289 g/mol. The molecule has 4 nitrogen and oxygen atoms in total. The van der Waals surface area contributed by atoms with Gasteiger partial charge in [-0.3, -0.25) is 0 Å². The van der Waals surface area contributed by atoms with Gasteiger partial charge >= 0.3 is 0 Å². The SMILES string of the molecule is CCc1nsc(N[C@H](c2ccccc2)[C@@H]2CCOC2)n1. The third-order valence-corrected chi connectivity index (χ3v) is 4.34. The van der Waals surface area contributed by atoms with Crippen molar-refractivity contribution in [1.29, 1.82) is 0 Å². The van der Waals surface area contributed by atoms with E-state index in [4.69, 9.17) is 4.74 Å². The molecule has 0 radical (unpaired) electrons. The lowest BCUT2D eigenvalue weighted by molar-refractivity contribution is 0.182. The van der Waals surface area contributed by atoms with Crippen molar-refractivity contribution in [3.05, 3.63) is 41.7 Å². The lowest BCUT2D eigenvalue weighted by Crippen LogP contribution is -2.21. The van der Waals surface area contributed by atoms with Gasteiger partial charge in [0.2, 0.25) is 5.13 Å². The Morgan fingerprint density at radius 1 is 1.40 bits per heavy atom. The number of aromatic nitrogens is 2. The molecule has 1 N–H and O–H groups in total. The second-order valence-corrected chi connectivity index (χ2v) is 5.78. The van der Waals surface area contributed by atoms with E-state index < -0.39 is 0 Å². The summed E-state index contributed by atoms with van der Waals surface area (Å²) in [5, 5.41) is 4.46. The van der Waals surface area contributed by atoms with E-state index in [1.165, 1.54) is 17.1 Å². The maximum atomic E-state index is 5.55. The standard InChI is InChI=1S/C15H19N3OS/c1-2-13-16-15(20-18-13)17-14(12-8-9-19-10-12)11-6-4-3-5-7-11/h3-7,12,14H,2,8-10H2,1H3,(H,16,17,18)/t12-,14-/m1/s1. The van der Waals surface area contributed by atoms with Gasteiger partial charge in [-0.1, -0.05) is 37.3 Å². The average molecular weight is 289 g/mol. The van der Waals surface area contributed by atoms with E-state index in [0.717, 1.165) is 37.0 Å². The molecule has 1 fully saturated rings. The highest BCUT2D eigenvalue weighted by molar-refractivity contribution is 7.09. The molecule has 5 heteroatoms. The first-order valence-corrected chi connectivity index (χ1v) is 7.86. The van der Waals surface area contributed by atoms with Crippen molar-refractivity contribution in [2.24, 2.45) is 5.92 Å². The smallest absolute Gasteiger partial charge is 0.203 e. The van der Waals surface area contributed by atoms with E-state index in [-0.39, 0.29) is 6.04 Å². The van der Waals surface area contributed by atoms with Crippen LogP contribution in [0.1, 0.15) is 30.8 Å². The third-order valence-electron chi connectivity index (χ3n) is 3.66. The number of anilines is 1. The molecule has 0 bridgehead atoms. The number of ether oxygens (including phenoxy) is 1. The van der Waals surface area contributed by atoms with E-state index in [1.54, 1.807) is 0 Å². The lowest BCUT2D eigenvalue weighted by atomic mass is 9.92. The van der Waals surface area contributed by atoms with Gasteiger partial charge in [-0.15, -0.1) is 0 Å². The van der Waals surface area contributed by atoms with Gasteiger partial charge in [0.05, 0.1) is 12.6 Å². The van der Waals surface area contributed by atoms with Crippen molar-refractivity contribution in [1.82, 2.24) is 9.36 Å². The third kappa shape index (κ3) is 2.99. The zero-order valence-electron chi connectivity index (χ0n) is 11.6. The predicted molar refractivity (Wildman–Crippen MR) is 81.0 cm³/mol. The highest BCUT2D eigenvalue weighted by atomic mass is 32.1. The normalized spacial score (nSPS) is 19.9. The number of hydrogen-bond acceptors (Lipinski definition) is 5. The molecule has 20 heavy (non-hydrogen) atoms. The Hall–Kier alpha value is -1.46. The molecular formula is C15H19N3OS. The number of nitrogens with zero attached hydrogens (tertiary/aromatic N) is 2. The van der Waals surface area contributed by atoms with Crippen molar-refractivity contribution in [2.75, 3.05) is 18.5 Å². The predicted octanol–water partition coefficient (Wildman–Crippen LogP) is 3.29. The number of benzene rings is 1. The van der Waals surface area contributed by atoms with E-state index in [2.05, 4.69) is 45.9 Å². The first-order chi connectivity index (χ1) is 9.86. The minimum absolute atomic E-state index is 0.247. The molecule has 2 aromatic rings. The van der Waals surface area contributed by atoms with Crippen LogP contribution in [0.5, 0.6) is 0 Å². The van der Waals surface area contributed by atoms with Crippen LogP contribution in [0, 0.1) is 5.92 Å². The zero-order valence-corrected chi connectivity index (χ0v) is 12.4. The van der Waals surface area contributed by atoms with Crippen molar-refractivity contribution in [3.63, 3.8) is 0 Å². The van der Waals surface area contributed by atoms with Gasteiger partial charge in [-0.05, 0) is 12.0 Å². The van der Waals surface area contributed by atoms with Crippen molar-refractivity contribution < 1.29 is 4.74 Å². The Bertz CT molecular complexity index is 537. The minimum atomic E-state index is 0.247. The Labute approximate surface area is 123 Å². The summed E-state index contributed by atoms with van der Waals surface area (Å²) in [4.78, 5) is 4.52. The fourth-order valence-corrected chi connectivity index (χ4v) is 3.23. The molecular weight excluding hydrogens is 270 g/mol. The lowest BCUT2D eigenvalue weighted by Gasteiger charge is -2.23. The fourth-order valence-electron chi connectivity index (χ4n) is 2.54. The highest BCUT2D eigenvalue weighted by Gasteiger charge is 2.27. The molecule has 1 aliphatic heterocycles. The summed E-state index contributed by atoms with van der Waals surface area (Å²) in [6.07, 6.45) is 1.97. The molecule has 3 rings (SSSR count). The summed E-state index contributed by atoms with van der Waals surface area (Å²) in [5.74, 6) is 1.40. The number of aryl methyl sites for hydroxylation is 1. The quantitative estimate of drug-likeness (QED) is 0.917. The molecule has 2 atom stereocenters. The molecule has 2 heterocycles. The fraction of sp³-hybridized carbons (Fsp3) is 0.467. The van der Waals surface area contributed by atoms with Crippen LogP contribution in [0.4, 0.5) is 5.13 Å². The first kappa shape index (κ1) is 13.5.